The fourth-order valence-electron chi connectivity index (χ4n) is 2.62. The van der Waals surface area contributed by atoms with E-state index in [-0.39, 0.29) is 11.7 Å². The second-order valence-corrected chi connectivity index (χ2v) is 7.84. The summed E-state index contributed by atoms with van der Waals surface area (Å²) in [5.74, 6) is 0.665. The highest BCUT2D eigenvalue weighted by Crippen LogP contribution is 2.25. The lowest BCUT2D eigenvalue weighted by Gasteiger charge is -2.07. The number of nitrogens with zero attached hydrogens (tertiary/aromatic N) is 4. The molecular formula is C20H19Cl2N5OS. The van der Waals surface area contributed by atoms with Gasteiger partial charge in [0, 0.05) is 27.7 Å². The van der Waals surface area contributed by atoms with Crippen molar-refractivity contribution in [2.45, 2.75) is 25.5 Å². The number of nitrogens with one attached hydrogen (secondary N) is 1. The molecule has 0 atom stereocenters. The summed E-state index contributed by atoms with van der Waals surface area (Å²) in [5, 5.41) is 14.5. The molecule has 150 valence electrons. The average Bonchev–Trinajstić information content (AvgIpc) is 3.14. The summed E-state index contributed by atoms with van der Waals surface area (Å²) >= 11 is 13.4. The molecule has 6 nitrogen and oxygen atoms in total. The van der Waals surface area contributed by atoms with Gasteiger partial charge in [-0.2, -0.15) is 5.10 Å². The van der Waals surface area contributed by atoms with Crippen molar-refractivity contribution in [3.05, 3.63) is 64.1 Å². The lowest BCUT2D eigenvalue weighted by molar-refractivity contribution is -0.118. The van der Waals surface area contributed by atoms with Crippen LogP contribution >= 0.6 is 35.0 Å². The second-order valence-electron chi connectivity index (χ2n) is 6.06. The van der Waals surface area contributed by atoms with Crippen molar-refractivity contribution in [2.24, 2.45) is 5.10 Å². The van der Waals surface area contributed by atoms with Gasteiger partial charge in [0.15, 0.2) is 11.0 Å². The quantitative estimate of drug-likeness (QED) is 0.317. The van der Waals surface area contributed by atoms with Crippen LogP contribution in [-0.2, 0) is 11.3 Å². The van der Waals surface area contributed by atoms with Gasteiger partial charge in [0.1, 0.15) is 0 Å². The van der Waals surface area contributed by atoms with Crippen molar-refractivity contribution < 1.29 is 4.79 Å². The smallest absolute Gasteiger partial charge is 0.250 e. The van der Waals surface area contributed by atoms with Crippen molar-refractivity contribution in [3.63, 3.8) is 0 Å². The fraction of sp³-hybridized carbons (Fsp3) is 0.200. The van der Waals surface area contributed by atoms with Crippen molar-refractivity contribution in [2.75, 3.05) is 5.75 Å². The number of amides is 1. The average molecular weight is 448 g/mol. The third kappa shape index (κ3) is 5.38. The van der Waals surface area contributed by atoms with Crippen molar-refractivity contribution in [1.29, 1.82) is 0 Å². The molecule has 29 heavy (non-hydrogen) atoms. The maximum atomic E-state index is 12.2. The highest BCUT2D eigenvalue weighted by Gasteiger charge is 2.14. The first-order valence-electron chi connectivity index (χ1n) is 8.89. The van der Waals surface area contributed by atoms with Gasteiger partial charge in [-0.1, -0.05) is 53.2 Å². The Bertz CT molecular complexity index is 1030. The first kappa shape index (κ1) is 21.4. The molecule has 1 aromatic heterocycles. The molecule has 3 aromatic rings. The monoisotopic (exact) mass is 447 g/mol. The number of carbonyl (C=O) groups is 1. The van der Waals surface area contributed by atoms with Crippen molar-refractivity contribution >= 4 is 46.6 Å². The van der Waals surface area contributed by atoms with Crippen LogP contribution in [0.25, 0.3) is 11.4 Å². The van der Waals surface area contributed by atoms with Gasteiger partial charge in [-0.25, -0.2) is 5.43 Å². The molecule has 0 saturated carbocycles. The van der Waals surface area contributed by atoms with E-state index in [4.69, 9.17) is 23.2 Å². The minimum Gasteiger partial charge on any atom is -0.302 e. The Kier molecular flexibility index (Phi) is 7.30. The molecule has 0 radical (unpaired) electrons. The van der Waals surface area contributed by atoms with Crippen LogP contribution in [0.4, 0.5) is 0 Å². The van der Waals surface area contributed by atoms with Gasteiger partial charge in [-0.3, -0.25) is 4.79 Å². The van der Waals surface area contributed by atoms with E-state index in [0.29, 0.717) is 27.5 Å². The summed E-state index contributed by atoms with van der Waals surface area (Å²) in [6.45, 7) is 4.48. The SMILES string of the molecule is CCn1c(SCC(=O)NN=C(C)c2ccccc2Cl)nnc1-c1ccc(Cl)cc1. The maximum absolute atomic E-state index is 12.2. The van der Waals surface area contributed by atoms with E-state index in [1.54, 1.807) is 13.0 Å². The summed E-state index contributed by atoms with van der Waals surface area (Å²) < 4.78 is 1.96. The molecule has 1 amide bonds. The number of aromatic nitrogens is 3. The molecule has 0 fully saturated rings. The van der Waals surface area contributed by atoms with Crippen LogP contribution in [0.1, 0.15) is 19.4 Å². The molecule has 3 rings (SSSR count). The van der Waals surface area contributed by atoms with E-state index in [9.17, 15) is 4.79 Å². The molecule has 1 N–H and O–H groups in total. The predicted octanol–water partition coefficient (Wildman–Crippen LogP) is 4.90. The molecule has 9 heteroatoms. The summed E-state index contributed by atoms with van der Waals surface area (Å²) in [5.41, 5.74) is 4.89. The number of hydrazone groups is 1. The van der Waals surface area contributed by atoms with E-state index >= 15 is 0 Å². The third-order valence-corrected chi connectivity index (χ3v) is 5.63. The zero-order valence-corrected chi connectivity index (χ0v) is 18.2. The highest BCUT2D eigenvalue weighted by molar-refractivity contribution is 7.99. The summed E-state index contributed by atoms with van der Waals surface area (Å²) in [7, 11) is 0. The van der Waals surface area contributed by atoms with E-state index in [1.165, 1.54) is 11.8 Å². The summed E-state index contributed by atoms with van der Waals surface area (Å²) in [6, 6.07) is 14.8. The van der Waals surface area contributed by atoms with Gasteiger partial charge in [0.25, 0.3) is 5.91 Å². The van der Waals surface area contributed by atoms with E-state index in [1.807, 2.05) is 54.0 Å². The minimum absolute atomic E-state index is 0.165. The number of hydrogen-bond donors (Lipinski definition) is 1. The Morgan fingerprint density at radius 3 is 2.55 bits per heavy atom. The number of thioether (sulfide) groups is 1. The molecule has 0 bridgehead atoms. The number of carbonyl (C=O) groups excluding carboxylic acids is 1. The van der Waals surface area contributed by atoms with Crippen LogP contribution in [0.3, 0.4) is 0 Å². The van der Waals surface area contributed by atoms with Crippen molar-refractivity contribution in [1.82, 2.24) is 20.2 Å². The maximum Gasteiger partial charge on any atom is 0.250 e. The molecule has 0 spiro atoms. The fourth-order valence-corrected chi connectivity index (χ4v) is 3.81. The zero-order chi connectivity index (χ0) is 20.8. The van der Waals surface area contributed by atoms with E-state index < -0.39 is 0 Å². The van der Waals surface area contributed by atoms with Crippen molar-refractivity contribution in [3.8, 4) is 11.4 Å². The Balaban J connectivity index is 1.64. The van der Waals surface area contributed by atoms with Crippen LogP contribution in [0.15, 0.2) is 58.8 Å². The molecule has 0 aliphatic heterocycles. The third-order valence-electron chi connectivity index (χ3n) is 4.08. The van der Waals surface area contributed by atoms with Gasteiger partial charge < -0.3 is 4.57 Å². The minimum atomic E-state index is -0.236. The molecule has 0 aliphatic carbocycles. The predicted molar refractivity (Wildman–Crippen MR) is 119 cm³/mol. The Morgan fingerprint density at radius 2 is 1.86 bits per heavy atom. The van der Waals surface area contributed by atoms with Crippen LogP contribution in [0.2, 0.25) is 10.0 Å². The number of hydrogen-bond acceptors (Lipinski definition) is 5. The van der Waals surface area contributed by atoms with Crippen LogP contribution < -0.4 is 5.43 Å². The Labute approximate surface area is 183 Å². The molecule has 0 aliphatic rings. The molecule has 2 aromatic carbocycles. The van der Waals surface area contributed by atoms with Gasteiger partial charge >= 0.3 is 0 Å². The molecular weight excluding hydrogens is 429 g/mol. The molecule has 0 saturated heterocycles. The van der Waals surface area contributed by atoms with Crippen LogP contribution in [0.5, 0.6) is 0 Å². The normalized spacial score (nSPS) is 11.5. The first-order valence-corrected chi connectivity index (χ1v) is 10.6. The largest absolute Gasteiger partial charge is 0.302 e. The summed E-state index contributed by atoms with van der Waals surface area (Å²) in [6.07, 6.45) is 0. The number of rotatable bonds is 7. The van der Waals surface area contributed by atoms with E-state index in [0.717, 1.165) is 17.0 Å². The first-order chi connectivity index (χ1) is 14.0. The van der Waals surface area contributed by atoms with Gasteiger partial charge in [-0.05, 0) is 44.2 Å². The van der Waals surface area contributed by atoms with Gasteiger partial charge in [0.2, 0.25) is 0 Å². The lowest BCUT2D eigenvalue weighted by atomic mass is 10.1. The lowest BCUT2D eigenvalue weighted by Crippen LogP contribution is -2.21. The van der Waals surface area contributed by atoms with Gasteiger partial charge in [-0.15, -0.1) is 10.2 Å². The van der Waals surface area contributed by atoms with Gasteiger partial charge in [0.05, 0.1) is 11.5 Å². The second kappa shape index (κ2) is 9.91. The van der Waals surface area contributed by atoms with E-state index in [2.05, 4.69) is 20.7 Å². The van der Waals surface area contributed by atoms with Crippen LogP contribution in [0, 0.1) is 0 Å². The molecule has 1 heterocycles. The number of halogens is 2. The topological polar surface area (TPSA) is 72.2 Å². The Morgan fingerprint density at radius 1 is 1.14 bits per heavy atom. The highest BCUT2D eigenvalue weighted by atomic mass is 35.5. The standard InChI is InChI=1S/C20H19Cl2N5OS/c1-3-27-19(14-8-10-15(21)11-9-14)25-26-20(27)29-12-18(28)24-23-13(2)16-6-4-5-7-17(16)22/h4-11H,3,12H2,1-2H3,(H,24,28). The number of benzene rings is 2. The molecule has 0 unspecified atom stereocenters. The zero-order valence-electron chi connectivity index (χ0n) is 15.9. The Hall–Kier alpha value is -2.35. The van der Waals surface area contributed by atoms with Crippen LogP contribution in [-0.4, -0.2) is 32.1 Å². The summed E-state index contributed by atoms with van der Waals surface area (Å²) in [4.78, 5) is 12.2.